The number of aromatic nitrogens is 5. The zero-order valence-electron chi connectivity index (χ0n) is 22.6. The zero-order chi connectivity index (χ0) is 28.8. The predicted octanol–water partition coefficient (Wildman–Crippen LogP) is 3.57. The molecule has 0 amide bonds. The van der Waals surface area contributed by atoms with Crippen LogP contribution in [0.2, 0.25) is 0 Å². The number of aliphatic hydroxyl groups excluding tert-OH is 2. The van der Waals surface area contributed by atoms with E-state index in [1.54, 1.807) is 29.8 Å². The van der Waals surface area contributed by atoms with Gasteiger partial charge < -0.3 is 25.7 Å². The first kappa shape index (κ1) is 28.3. The number of hydrogen-bond acceptors (Lipinski definition) is 8. The van der Waals surface area contributed by atoms with Crippen molar-refractivity contribution in [2.24, 2.45) is 0 Å². The summed E-state index contributed by atoms with van der Waals surface area (Å²) in [7, 11) is 0. The first-order valence-electron chi connectivity index (χ1n) is 13.3. The highest BCUT2D eigenvalue weighted by Crippen LogP contribution is 2.35. The standard InChI is InChI=1S/C27H34F3N7O3/c1-14(2)36(9-5-4-6-20-34-18-11-15(3)10-16(21(18)35-20)27(28,29)30)12-19-23(38)24(39)26(40-19)37-13-33-22-17(31)7-8-32-25(22)37/h7-8,10-11,13-14,19,23-24,26,38-39H,4-6,9,12H2,1-3H3,(H2,31,32)(H,34,35)/t19-,23-,24-,26-/m1/s1. The summed E-state index contributed by atoms with van der Waals surface area (Å²) in [6.45, 7) is 6.75. The van der Waals surface area contributed by atoms with Crippen molar-refractivity contribution in [3.05, 3.63) is 47.7 Å². The van der Waals surface area contributed by atoms with E-state index in [1.165, 1.54) is 6.33 Å². The minimum Gasteiger partial charge on any atom is -0.397 e. The van der Waals surface area contributed by atoms with Gasteiger partial charge in [-0.2, -0.15) is 13.2 Å². The van der Waals surface area contributed by atoms with Gasteiger partial charge in [0.25, 0.3) is 0 Å². The molecule has 3 aromatic heterocycles. The van der Waals surface area contributed by atoms with Crippen molar-refractivity contribution in [3.63, 3.8) is 0 Å². The summed E-state index contributed by atoms with van der Waals surface area (Å²) in [4.78, 5) is 18.0. The number of rotatable bonds is 9. The fourth-order valence-corrected chi connectivity index (χ4v) is 5.30. The lowest BCUT2D eigenvalue weighted by Crippen LogP contribution is -2.43. The molecule has 1 fully saturated rings. The average molecular weight is 562 g/mol. The Morgan fingerprint density at radius 1 is 1.15 bits per heavy atom. The summed E-state index contributed by atoms with van der Waals surface area (Å²) in [5.41, 5.74) is 7.51. The Kier molecular flexibility index (Phi) is 7.75. The van der Waals surface area contributed by atoms with Crippen LogP contribution >= 0.6 is 0 Å². The van der Waals surface area contributed by atoms with Gasteiger partial charge >= 0.3 is 6.18 Å². The van der Waals surface area contributed by atoms with Gasteiger partial charge in [0.2, 0.25) is 0 Å². The van der Waals surface area contributed by atoms with Gasteiger partial charge in [0, 0.05) is 25.2 Å². The number of halogens is 3. The second kappa shape index (κ2) is 11.0. The SMILES string of the molecule is Cc1cc(C(F)(F)F)c2nc(CCCCN(C[C@H]3O[C@@H](n4cnc5c(N)ccnc54)[C@H](O)[C@@H]3O)C(C)C)[nH]c2c1. The number of alkyl halides is 3. The van der Waals surface area contributed by atoms with Crippen molar-refractivity contribution in [1.29, 1.82) is 0 Å². The van der Waals surface area contributed by atoms with Gasteiger partial charge in [0.15, 0.2) is 11.9 Å². The van der Waals surface area contributed by atoms with E-state index in [1.807, 2.05) is 13.8 Å². The monoisotopic (exact) mass is 561 g/mol. The number of aromatic amines is 1. The van der Waals surface area contributed by atoms with Crippen LogP contribution in [-0.2, 0) is 17.3 Å². The molecule has 0 radical (unpaired) electrons. The first-order chi connectivity index (χ1) is 18.9. The topological polar surface area (TPSA) is 138 Å². The highest BCUT2D eigenvalue weighted by atomic mass is 19.4. The van der Waals surface area contributed by atoms with Crippen molar-refractivity contribution >= 4 is 27.9 Å². The molecule has 0 aliphatic carbocycles. The Morgan fingerprint density at radius 2 is 1.93 bits per heavy atom. The predicted molar refractivity (Wildman–Crippen MR) is 143 cm³/mol. The smallest absolute Gasteiger partial charge is 0.397 e. The molecule has 0 unspecified atom stereocenters. The van der Waals surface area contributed by atoms with Crippen molar-refractivity contribution < 1.29 is 28.1 Å². The van der Waals surface area contributed by atoms with Gasteiger partial charge in [-0.05, 0) is 63.9 Å². The van der Waals surface area contributed by atoms with Crippen LogP contribution in [0.15, 0.2) is 30.7 Å². The van der Waals surface area contributed by atoms with Crippen LogP contribution in [0.3, 0.4) is 0 Å². The average Bonchev–Trinajstić information content (AvgIpc) is 3.57. The van der Waals surface area contributed by atoms with Crippen LogP contribution < -0.4 is 5.73 Å². The number of aryl methyl sites for hydroxylation is 2. The molecule has 0 saturated carbocycles. The van der Waals surface area contributed by atoms with E-state index in [0.717, 1.165) is 12.5 Å². The van der Waals surface area contributed by atoms with E-state index in [4.69, 9.17) is 10.5 Å². The third kappa shape index (κ3) is 5.51. The number of nitrogen functional groups attached to an aromatic ring is 1. The third-order valence-corrected chi connectivity index (χ3v) is 7.44. The number of imidazole rings is 2. The third-order valence-electron chi connectivity index (χ3n) is 7.44. The molecule has 0 bridgehead atoms. The number of benzene rings is 1. The van der Waals surface area contributed by atoms with Gasteiger partial charge in [0.05, 0.1) is 23.1 Å². The molecule has 5 rings (SSSR count). The van der Waals surface area contributed by atoms with Crippen molar-refractivity contribution in [2.45, 2.75) is 76.8 Å². The van der Waals surface area contributed by atoms with E-state index in [0.29, 0.717) is 59.7 Å². The molecule has 40 heavy (non-hydrogen) atoms. The van der Waals surface area contributed by atoms with Crippen LogP contribution in [0.1, 0.15) is 49.9 Å². The molecular weight excluding hydrogens is 527 g/mol. The van der Waals surface area contributed by atoms with Crippen molar-refractivity contribution in [2.75, 3.05) is 18.8 Å². The molecule has 1 saturated heterocycles. The number of ether oxygens (including phenoxy) is 1. The second-order valence-corrected chi connectivity index (χ2v) is 10.7. The second-order valence-electron chi connectivity index (χ2n) is 10.7. The Morgan fingerprint density at radius 3 is 2.65 bits per heavy atom. The van der Waals surface area contributed by atoms with Crippen LogP contribution in [0.25, 0.3) is 22.2 Å². The van der Waals surface area contributed by atoms with E-state index in [2.05, 4.69) is 24.8 Å². The summed E-state index contributed by atoms with van der Waals surface area (Å²) < 4.78 is 48.1. The minimum atomic E-state index is -4.47. The fraction of sp³-hybridized carbons (Fsp3) is 0.519. The Balaban J connectivity index is 1.20. The number of nitrogens with two attached hydrogens (primary N) is 1. The molecule has 1 aliphatic rings. The van der Waals surface area contributed by atoms with E-state index in [9.17, 15) is 23.4 Å². The summed E-state index contributed by atoms with van der Waals surface area (Å²) in [5.74, 6) is 0.518. The molecular formula is C27H34F3N7O3. The summed E-state index contributed by atoms with van der Waals surface area (Å²) in [6, 6.07) is 4.56. The van der Waals surface area contributed by atoms with Crippen molar-refractivity contribution in [1.82, 2.24) is 29.4 Å². The van der Waals surface area contributed by atoms with Gasteiger partial charge in [0.1, 0.15) is 35.2 Å². The number of unbranched alkanes of at least 4 members (excludes halogenated alkanes) is 1. The molecule has 0 spiro atoms. The number of aliphatic hydroxyl groups is 2. The lowest BCUT2D eigenvalue weighted by Gasteiger charge is -2.30. The molecule has 4 atom stereocenters. The number of H-pyrrole nitrogens is 1. The number of anilines is 1. The first-order valence-corrected chi connectivity index (χ1v) is 13.3. The maximum Gasteiger partial charge on any atom is 0.418 e. The summed E-state index contributed by atoms with van der Waals surface area (Å²) >= 11 is 0. The molecule has 1 aromatic carbocycles. The van der Waals surface area contributed by atoms with Gasteiger partial charge in [-0.3, -0.25) is 9.47 Å². The van der Waals surface area contributed by atoms with Gasteiger partial charge in [-0.15, -0.1) is 0 Å². The Hall–Kier alpha value is -3.26. The minimum absolute atomic E-state index is 0.0547. The lowest BCUT2D eigenvalue weighted by atomic mass is 10.1. The highest BCUT2D eigenvalue weighted by molar-refractivity contribution is 5.83. The number of pyridine rings is 1. The molecule has 1 aliphatic heterocycles. The number of hydrogen-bond donors (Lipinski definition) is 4. The number of nitrogens with one attached hydrogen (secondary N) is 1. The largest absolute Gasteiger partial charge is 0.418 e. The van der Waals surface area contributed by atoms with Crippen molar-refractivity contribution in [3.8, 4) is 0 Å². The summed E-state index contributed by atoms with van der Waals surface area (Å²) in [6.07, 6.45) is -3.29. The molecule has 4 aromatic rings. The van der Waals surface area contributed by atoms with E-state index >= 15 is 0 Å². The zero-order valence-corrected chi connectivity index (χ0v) is 22.6. The molecule has 13 heteroatoms. The maximum absolute atomic E-state index is 13.5. The van der Waals surface area contributed by atoms with Gasteiger partial charge in [-0.25, -0.2) is 15.0 Å². The van der Waals surface area contributed by atoms with E-state index in [-0.39, 0.29) is 11.6 Å². The maximum atomic E-state index is 13.5. The van der Waals surface area contributed by atoms with Crippen LogP contribution in [0.4, 0.5) is 18.9 Å². The Labute approximate surface area is 229 Å². The fourth-order valence-electron chi connectivity index (χ4n) is 5.30. The molecule has 216 valence electrons. The number of nitrogens with zero attached hydrogens (tertiary/aromatic N) is 5. The lowest BCUT2D eigenvalue weighted by molar-refractivity contribution is -0.136. The molecule has 5 N–H and O–H groups in total. The van der Waals surface area contributed by atoms with Crippen LogP contribution in [0, 0.1) is 6.92 Å². The van der Waals surface area contributed by atoms with Crippen LogP contribution in [0.5, 0.6) is 0 Å². The number of fused-ring (bicyclic) bond motifs is 2. The van der Waals surface area contributed by atoms with Crippen LogP contribution in [-0.4, -0.2) is 77.1 Å². The van der Waals surface area contributed by atoms with Gasteiger partial charge in [-0.1, -0.05) is 0 Å². The quantitative estimate of drug-likeness (QED) is 0.228. The highest BCUT2D eigenvalue weighted by Gasteiger charge is 2.45. The summed E-state index contributed by atoms with van der Waals surface area (Å²) in [5, 5.41) is 21.6. The molecule has 4 heterocycles. The Bertz CT molecular complexity index is 1490. The normalized spacial score (nSPS) is 21.9. The van der Waals surface area contributed by atoms with E-state index < -0.39 is 36.3 Å². The molecule has 10 nitrogen and oxygen atoms in total.